The molecule has 0 aromatic carbocycles. The summed E-state index contributed by atoms with van der Waals surface area (Å²) in [6, 6.07) is 0. The summed E-state index contributed by atoms with van der Waals surface area (Å²) in [6.07, 6.45) is 6.02. The van der Waals surface area contributed by atoms with Gasteiger partial charge in [0.2, 0.25) is 0 Å². The van der Waals surface area contributed by atoms with Crippen molar-refractivity contribution in [3.63, 3.8) is 0 Å². The van der Waals surface area contributed by atoms with E-state index in [-0.39, 0.29) is 0 Å². The Morgan fingerprint density at radius 2 is 2.12 bits per heavy atom. The van der Waals surface area contributed by atoms with Gasteiger partial charge in [0.15, 0.2) is 5.13 Å². The fourth-order valence-electron chi connectivity index (χ4n) is 2.20. The van der Waals surface area contributed by atoms with Gasteiger partial charge in [-0.2, -0.15) is 0 Å². The summed E-state index contributed by atoms with van der Waals surface area (Å²) < 4.78 is 0. The van der Waals surface area contributed by atoms with Crippen molar-refractivity contribution in [2.24, 2.45) is 0 Å². The van der Waals surface area contributed by atoms with Gasteiger partial charge in [-0.1, -0.05) is 0 Å². The van der Waals surface area contributed by atoms with Crippen LogP contribution in [-0.4, -0.2) is 23.6 Å². The van der Waals surface area contributed by atoms with Crippen molar-refractivity contribution in [3.05, 3.63) is 11.1 Å². The van der Waals surface area contributed by atoms with E-state index in [1.165, 1.54) is 24.1 Å². The van der Waals surface area contributed by atoms with Crippen molar-refractivity contribution in [2.75, 3.05) is 18.0 Å². The van der Waals surface area contributed by atoms with Crippen molar-refractivity contribution in [1.82, 2.24) is 10.3 Å². The topological polar surface area (TPSA) is 28.2 Å². The predicted octanol–water partition coefficient (Wildman–Crippen LogP) is 3.02. The maximum Gasteiger partial charge on any atom is 0.185 e. The maximum atomic E-state index is 4.51. The van der Waals surface area contributed by atoms with Gasteiger partial charge in [0.05, 0.1) is 0 Å². The third kappa shape index (κ3) is 2.99. The number of nitrogens with zero attached hydrogens (tertiary/aromatic N) is 2. The second-order valence-corrected chi connectivity index (χ2v) is 6.14. The first-order chi connectivity index (χ1) is 8.17. The molecule has 0 aliphatic heterocycles. The van der Waals surface area contributed by atoms with E-state index in [4.69, 9.17) is 0 Å². The van der Waals surface area contributed by atoms with Crippen LogP contribution in [0.15, 0.2) is 6.20 Å². The van der Waals surface area contributed by atoms with E-state index in [1.54, 1.807) is 0 Å². The Balaban J connectivity index is 1.89. The fourth-order valence-corrected chi connectivity index (χ4v) is 3.18. The summed E-state index contributed by atoms with van der Waals surface area (Å²) in [6.45, 7) is 9.72. The highest BCUT2D eigenvalue weighted by Crippen LogP contribution is 2.32. The van der Waals surface area contributed by atoms with Gasteiger partial charge in [-0.25, -0.2) is 4.98 Å². The van der Waals surface area contributed by atoms with Crippen LogP contribution in [0.25, 0.3) is 0 Å². The van der Waals surface area contributed by atoms with Gasteiger partial charge in [0, 0.05) is 36.2 Å². The van der Waals surface area contributed by atoms with Gasteiger partial charge in [-0.3, -0.25) is 0 Å². The third-order valence-corrected chi connectivity index (χ3v) is 4.78. The van der Waals surface area contributed by atoms with Crippen LogP contribution in [0.1, 0.15) is 44.9 Å². The van der Waals surface area contributed by atoms with Gasteiger partial charge in [-0.05, 0) is 40.0 Å². The summed E-state index contributed by atoms with van der Waals surface area (Å²) in [4.78, 5) is 8.16. The molecule has 0 spiro atoms. The standard InChI is InChI=1S/C13H23N3S/c1-4-16(5-2)12-14-9-11(17-12)10-15-13(3)7-6-8-13/h9,15H,4-8,10H2,1-3H3. The first-order valence-electron chi connectivity index (χ1n) is 6.61. The fraction of sp³-hybridized carbons (Fsp3) is 0.769. The molecule has 1 aliphatic rings. The highest BCUT2D eigenvalue weighted by Gasteiger charge is 2.30. The molecule has 17 heavy (non-hydrogen) atoms. The molecule has 1 aliphatic carbocycles. The molecule has 0 atom stereocenters. The number of nitrogens with one attached hydrogen (secondary N) is 1. The van der Waals surface area contributed by atoms with Crippen molar-refractivity contribution in [1.29, 1.82) is 0 Å². The summed E-state index contributed by atoms with van der Waals surface area (Å²) in [5.74, 6) is 0. The van der Waals surface area contributed by atoms with Crippen LogP contribution in [-0.2, 0) is 6.54 Å². The van der Waals surface area contributed by atoms with Crippen LogP contribution in [0.3, 0.4) is 0 Å². The molecule has 1 aromatic rings. The molecular weight excluding hydrogens is 230 g/mol. The van der Waals surface area contributed by atoms with Gasteiger partial charge in [0.1, 0.15) is 0 Å². The van der Waals surface area contributed by atoms with Crippen LogP contribution in [0.2, 0.25) is 0 Å². The summed E-state index contributed by atoms with van der Waals surface area (Å²) in [7, 11) is 0. The summed E-state index contributed by atoms with van der Waals surface area (Å²) in [5.41, 5.74) is 0.388. The molecule has 2 rings (SSSR count). The molecule has 3 nitrogen and oxygen atoms in total. The Hall–Kier alpha value is -0.610. The van der Waals surface area contributed by atoms with Crippen LogP contribution >= 0.6 is 11.3 Å². The van der Waals surface area contributed by atoms with Gasteiger partial charge < -0.3 is 10.2 Å². The minimum atomic E-state index is 0.388. The quantitative estimate of drug-likeness (QED) is 0.844. The molecule has 1 fully saturated rings. The Morgan fingerprint density at radius 1 is 1.41 bits per heavy atom. The smallest absolute Gasteiger partial charge is 0.185 e. The predicted molar refractivity (Wildman–Crippen MR) is 74.8 cm³/mol. The lowest BCUT2D eigenvalue weighted by atomic mass is 9.78. The molecule has 1 aromatic heterocycles. The zero-order valence-corrected chi connectivity index (χ0v) is 11.9. The molecule has 1 heterocycles. The highest BCUT2D eigenvalue weighted by atomic mass is 32.1. The van der Waals surface area contributed by atoms with E-state index in [0.717, 1.165) is 24.8 Å². The van der Waals surface area contributed by atoms with Crippen molar-refractivity contribution in [2.45, 2.75) is 52.1 Å². The van der Waals surface area contributed by atoms with E-state index in [0.29, 0.717) is 5.54 Å². The average molecular weight is 253 g/mol. The summed E-state index contributed by atoms with van der Waals surface area (Å²) in [5, 5.41) is 4.81. The number of hydrogen-bond acceptors (Lipinski definition) is 4. The first kappa shape index (κ1) is 12.8. The van der Waals surface area contributed by atoms with E-state index < -0.39 is 0 Å². The number of thiazole rings is 1. The Kier molecular flexibility index (Phi) is 4.05. The van der Waals surface area contributed by atoms with Gasteiger partial charge in [0.25, 0.3) is 0 Å². The van der Waals surface area contributed by atoms with Crippen LogP contribution in [0.4, 0.5) is 5.13 Å². The van der Waals surface area contributed by atoms with E-state index in [2.05, 4.69) is 36.0 Å². The largest absolute Gasteiger partial charge is 0.349 e. The maximum absolute atomic E-state index is 4.51. The zero-order chi connectivity index (χ0) is 12.3. The molecule has 4 heteroatoms. The average Bonchev–Trinajstić information content (AvgIpc) is 2.74. The minimum absolute atomic E-state index is 0.388. The van der Waals surface area contributed by atoms with Crippen LogP contribution in [0, 0.1) is 0 Å². The van der Waals surface area contributed by atoms with Crippen molar-refractivity contribution >= 4 is 16.5 Å². The van der Waals surface area contributed by atoms with Crippen molar-refractivity contribution < 1.29 is 0 Å². The molecule has 0 amide bonds. The Labute approximate surface area is 108 Å². The molecule has 0 saturated heterocycles. The molecule has 1 N–H and O–H groups in total. The molecule has 0 bridgehead atoms. The lowest BCUT2D eigenvalue weighted by Crippen LogP contribution is -2.47. The number of hydrogen-bond donors (Lipinski definition) is 1. The van der Waals surface area contributed by atoms with Crippen molar-refractivity contribution in [3.8, 4) is 0 Å². The SMILES string of the molecule is CCN(CC)c1ncc(CNC2(C)CCC2)s1. The number of anilines is 1. The monoisotopic (exact) mass is 253 g/mol. The molecule has 0 radical (unpaired) electrons. The number of rotatable bonds is 6. The molecule has 96 valence electrons. The Morgan fingerprint density at radius 3 is 2.65 bits per heavy atom. The van der Waals surface area contributed by atoms with E-state index in [1.807, 2.05) is 17.5 Å². The minimum Gasteiger partial charge on any atom is -0.349 e. The van der Waals surface area contributed by atoms with Crippen LogP contribution in [0.5, 0.6) is 0 Å². The van der Waals surface area contributed by atoms with E-state index >= 15 is 0 Å². The highest BCUT2D eigenvalue weighted by molar-refractivity contribution is 7.15. The zero-order valence-electron chi connectivity index (χ0n) is 11.1. The molecular formula is C13H23N3S. The van der Waals surface area contributed by atoms with Crippen LogP contribution < -0.4 is 10.2 Å². The second kappa shape index (κ2) is 5.36. The Bertz CT molecular complexity index is 353. The van der Waals surface area contributed by atoms with Gasteiger partial charge >= 0.3 is 0 Å². The second-order valence-electron chi connectivity index (χ2n) is 5.05. The first-order valence-corrected chi connectivity index (χ1v) is 7.43. The third-order valence-electron chi connectivity index (χ3n) is 3.72. The van der Waals surface area contributed by atoms with Gasteiger partial charge in [-0.15, -0.1) is 11.3 Å². The normalized spacial score (nSPS) is 17.8. The lowest BCUT2D eigenvalue weighted by Gasteiger charge is -2.39. The lowest BCUT2D eigenvalue weighted by molar-refractivity contribution is 0.207. The molecule has 0 unspecified atom stereocenters. The number of aromatic nitrogens is 1. The van der Waals surface area contributed by atoms with E-state index in [9.17, 15) is 0 Å². The molecule has 1 saturated carbocycles. The summed E-state index contributed by atoms with van der Waals surface area (Å²) >= 11 is 1.82.